The van der Waals surface area contributed by atoms with Gasteiger partial charge in [-0.15, -0.1) is 0 Å². The number of nitrogens with zero attached hydrogens (tertiary/aromatic N) is 1. The Morgan fingerprint density at radius 3 is 2.57 bits per heavy atom. The van der Waals surface area contributed by atoms with Gasteiger partial charge in [0.15, 0.2) is 0 Å². The van der Waals surface area contributed by atoms with Crippen molar-refractivity contribution >= 4 is 5.84 Å². The predicted octanol–water partition coefficient (Wildman–Crippen LogP) is 0.393. The van der Waals surface area contributed by atoms with Crippen molar-refractivity contribution in [1.29, 1.82) is 0 Å². The molecule has 0 atom stereocenters. The van der Waals surface area contributed by atoms with Crippen LogP contribution in [0, 0.1) is 0 Å². The molecule has 3 N–H and O–H groups in total. The van der Waals surface area contributed by atoms with Gasteiger partial charge in [-0.2, -0.15) is 0 Å². The molecule has 0 spiro atoms. The number of nitrogens with two attached hydrogens (primary N) is 1. The summed E-state index contributed by atoms with van der Waals surface area (Å²) in [6, 6.07) is 0. The third kappa shape index (κ3) is 5.01. The summed E-state index contributed by atoms with van der Waals surface area (Å²) in [7, 11) is 0. The van der Waals surface area contributed by atoms with Gasteiger partial charge in [-0.25, -0.2) is 4.99 Å². The summed E-state index contributed by atoms with van der Waals surface area (Å²) in [5.74, 6) is 0.435. The van der Waals surface area contributed by atoms with E-state index in [9.17, 15) is 0 Å². The zero-order chi connectivity index (χ0) is 5.70. The second-order valence-electron chi connectivity index (χ2n) is 1.07. The van der Waals surface area contributed by atoms with Gasteiger partial charge >= 0.3 is 0 Å². The highest BCUT2D eigenvalue weighted by atomic mass is 16.2. The SMILES string of the molecule is CC(N)=NC=CO. The van der Waals surface area contributed by atoms with E-state index in [4.69, 9.17) is 10.8 Å². The van der Waals surface area contributed by atoms with E-state index in [-0.39, 0.29) is 0 Å². The average Bonchev–Trinajstić information content (AvgIpc) is 1.61. The van der Waals surface area contributed by atoms with Gasteiger partial charge in [-0.05, 0) is 6.92 Å². The molecule has 0 aliphatic carbocycles. The van der Waals surface area contributed by atoms with Gasteiger partial charge in [0.2, 0.25) is 0 Å². The maximum Gasteiger partial charge on any atom is 0.0975 e. The van der Waals surface area contributed by atoms with E-state index in [1.807, 2.05) is 0 Å². The number of aliphatic imine (C=N–C) groups is 1. The van der Waals surface area contributed by atoms with Crippen molar-refractivity contribution in [3.05, 3.63) is 12.5 Å². The lowest BCUT2D eigenvalue weighted by atomic mass is 10.7. The normalized spacial score (nSPS) is 13.0. The fourth-order valence-electron chi connectivity index (χ4n) is 0.151. The lowest BCUT2D eigenvalue weighted by molar-refractivity contribution is 0.472. The van der Waals surface area contributed by atoms with E-state index in [1.165, 1.54) is 6.20 Å². The highest BCUT2D eigenvalue weighted by molar-refractivity contribution is 5.77. The standard InChI is InChI=1S/C4H8N2O/c1-4(5)6-2-3-7/h2-3,7H,1H3,(H2,5,6). The van der Waals surface area contributed by atoms with Gasteiger partial charge < -0.3 is 10.8 Å². The molecule has 0 rings (SSSR count). The summed E-state index contributed by atoms with van der Waals surface area (Å²) in [6.07, 6.45) is 2.05. The largest absolute Gasteiger partial charge is 0.514 e. The summed E-state index contributed by atoms with van der Waals surface area (Å²) in [4.78, 5) is 3.51. The Morgan fingerprint density at radius 1 is 1.86 bits per heavy atom. The molecule has 3 nitrogen and oxygen atoms in total. The van der Waals surface area contributed by atoms with Gasteiger partial charge in [0.25, 0.3) is 0 Å². The van der Waals surface area contributed by atoms with E-state index in [0.29, 0.717) is 5.84 Å². The Morgan fingerprint density at radius 2 is 2.43 bits per heavy atom. The molecule has 0 aliphatic heterocycles. The lowest BCUT2D eigenvalue weighted by Gasteiger charge is -1.78. The van der Waals surface area contributed by atoms with Gasteiger partial charge in [-0.1, -0.05) is 0 Å². The number of amidine groups is 1. The zero-order valence-electron chi connectivity index (χ0n) is 4.13. The molecule has 0 aliphatic rings. The minimum Gasteiger partial charge on any atom is -0.514 e. The van der Waals surface area contributed by atoms with Gasteiger partial charge in [0, 0.05) is 0 Å². The second-order valence-corrected chi connectivity index (χ2v) is 1.07. The minimum atomic E-state index is 0.435. The third-order valence-electron chi connectivity index (χ3n) is 0.345. The van der Waals surface area contributed by atoms with Crippen LogP contribution >= 0.6 is 0 Å². The van der Waals surface area contributed by atoms with Crippen LogP contribution in [0.25, 0.3) is 0 Å². The summed E-state index contributed by atoms with van der Waals surface area (Å²) >= 11 is 0. The van der Waals surface area contributed by atoms with E-state index >= 15 is 0 Å². The monoisotopic (exact) mass is 100 g/mol. The van der Waals surface area contributed by atoms with E-state index < -0.39 is 0 Å². The molecule has 40 valence electrons. The van der Waals surface area contributed by atoms with Crippen LogP contribution in [-0.2, 0) is 0 Å². The van der Waals surface area contributed by atoms with E-state index in [1.54, 1.807) is 6.92 Å². The molecule has 3 heteroatoms. The van der Waals surface area contributed by atoms with Crippen LogP contribution in [0.2, 0.25) is 0 Å². The van der Waals surface area contributed by atoms with Crippen LogP contribution < -0.4 is 5.73 Å². The fraction of sp³-hybridized carbons (Fsp3) is 0.250. The van der Waals surface area contributed by atoms with Crippen molar-refractivity contribution in [3.63, 3.8) is 0 Å². The van der Waals surface area contributed by atoms with E-state index in [0.717, 1.165) is 6.26 Å². The van der Waals surface area contributed by atoms with Gasteiger partial charge in [-0.3, -0.25) is 0 Å². The Bertz CT molecular complexity index is 91.9. The number of hydrogen-bond acceptors (Lipinski definition) is 2. The van der Waals surface area contributed by atoms with Gasteiger partial charge in [0.1, 0.15) is 0 Å². The van der Waals surface area contributed by atoms with Crippen LogP contribution in [0.4, 0.5) is 0 Å². The maximum absolute atomic E-state index is 7.97. The van der Waals surface area contributed by atoms with Crippen molar-refractivity contribution in [2.45, 2.75) is 6.92 Å². The van der Waals surface area contributed by atoms with Crippen LogP contribution in [-0.4, -0.2) is 10.9 Å². The third-order valence-corrected chi connectivity index (χ3v) is 0.345. The molecule has 0 amide bonds. The Balaban J connectivity index is 3.46. The molecule has 0 fully saturated rings. The molecule has 7 heavy (non-hydrogen) atoms. The first-order valence-corrected chi connectivity index (χ1v) is 1.86. The molecule has 0 saturated carbocycles. The summed E-state index contributed by atoms with van der Waals surface area (Å²) in [5.41, 5.74) is 5.07. The molecule has 0 radical (unpaired) electrons. The Labute approximate surface area is 42.2 Å². The molecule has 0 bridgehead atoms. The van der Waals surface area contributed by atoms with Crippen molar-refractivity contribution in [2.75, 3.05) is 0 Å². The molecule has 0 unspecified atom stereocenters. The van der Waals surface area contributed by atoms with Crippen LogP contribution in [0.15, 0.2) is 17.5 Å². The first-order chi connectivity index (χ1) is 3.27. The smallest absolute Gasteiger partial charge is 0.0975 e. The molecule has 0 aromatic rings. The zero-order valence-corrected chi connectivity index (χ0v) is 4.13. The summed E-state index contributed by atoms with van der Waals surface area (Å²) < 4.78 is 0. The van der Waals surface area contributed by atoms with Gasteiger partial charge in [0.05, 0.1) is 18.3 Å². The maximum atomic E-state index is 7.97. The van der Waals surface area contributed by atoms with Crippen molar-refractivity contribution < 1.29 is 5.11 Å². The minimum absolute atomic E-state index is 0.435. The fourth-order valence-corrected chi connectivity index (χ4v) is 0.151. The Kier molecular flexibility index (Phi) is 2.76. The lowest BCUT2D eigenvalue weighted by Crippen LogP contribution is -2.03. The predicted molar refractivity (Wildman–Crippen MR) is 29.1 cm³/mol. The topological polar surface area (TPSA) is 58.6 Å². The average molecular weight is 100 g/mol. The highest BCUT2D eigenvalue weighted by Crippen LogP contribution is 1.68. The second kappa shape index (κ2) is 3.21. The summed E-state index contributed by atoms with van der Waals surface area (Å²) in [6.45, 7) is 1.64. The Hall–Kier alpha value is -0.990. The molecule has 0 aromatic carbocycles. The number of rotatable bonds is 1. The molecular weight excluding hydrogens is 92.1 g/mol. The number of aliphatic hydroxyl groups is 1. The first-order valence-electron chi connectivity index (χ1n) is 1.86. The van der Waals surface area contributed by atoms with E-state index in [2.05, 4.69) is 4.99 Å². The molecule has 0 saturated heterocycles. The molecular formula is C4H8N2O. The van der Waals surface area contributed by atoms with Crippen LogP contribution in [0.3, 0.4) is 0 Å². The van der Waals surface area contributed by atoms with Crippen LogP contribution in [0.5, 0.6) is 0 Å². The number of hydrogen-bond donors (Lipinski definition) is 2. The quantitative estimate of drug-likeness (QED) is 0.284. The first kappa shape index (κ1) is 6.01. The van der Waals surface area contributed by atoms with Crippen molar-refractivity contribution in [3.8, 4) is 0 Å². The van der Waals surface area contributed by atoms with Crippen molar-refractivity contribution in [2.24, 2.45) is 10.7 Å². The molecule has 0 aromatic heterocycles. The molecule has 0 heterocycles. The van der Waals surface area contributed by atoms with Crippen molar-refractivity contribution in [1.82, 2.24) is 0 Å². The van der Waals surface area contributed by atoms with Crippen LogP contribution in [0.1, 0.15) is 6.92 Å². The number of aliphatic hydroxyl groups excluding tert-OH is 1. The highest BCUT2D eigenvalue weighted by Gasteiger charge is 1.67. The summed E-state index contributed by atoms with van der Waals surface area (Å²) in [5, 5.41) is 7.97.